The van der Waals surface area contributed by atoms with Gasteiger partial charge in [0, 0.05) is 11.9 Å². The van der Waals surface area contributed by atoms with Crippen molar-refractivity contribution in [2.45, 2.75) is 13.3 Å². The molecule has 0 aromatic carbocycles. The summed E-state index contributed by atoms with van der Waals surface area (Å²) in [7, 11) is 0. The first-order valence-corrected chi connectivity index (χ1v) is 6.47. The van der Waals surface area contributed by atoms with Gasteiger partial charge in [0.15, 0.2) is 5.65 Å². The predicted octanol–water partition coefficient (Wildman–Crippen LogP) is -2.22. The normalized spacial score (nSPS) is 10.4. The number of carboxylic acid groups (broad SMARTS) is 1. The zero-order valence-corrected chi connectivity index (χ0v) is 13.8. The van der Waals surface area contributed by atoms with Gasteiger partial charge in [0.25, 0.3) is 0 Å². The van der Waals surface area contributed by atoms with Gasteiger partial charge in [-0.1, -0.05) is 6.92 Å². The van der Waals surface area contributed by atoms with Crippen molar-refractivity contribution >= 4 is 23.1 Å². The first-order valence-electron chi connectivity index (χ1n) is 5.70. The molecule has 0 spiro atoms. The van der Waals surface area contributed by atoms with E-state index in [-0.39, 0.29) is 35.3 Å². The van der Waals surface area contributed by atoms with Gasteiger partial charge < -0.3 is 9.90 Å². The van der Waals surface area contributed by atoms with E-state index in [4.69, 9.17) is 0 Å². The van der Waals surface area contributed by atoms with Gasteiger partial charge in [0.1, 0.15) is 12.0 Å². The van der Waals surface area contributed by atoms with E-state index in [1.807, 2.05) is 19.1 Å². The third-order valence-electron chi connectivity index (χ3n) is 2.83. The molecule has 0 saturated carbocycles. The zero-order chi connectivity index (χ0) is 13.4. The third kappa shape index (κ3) is 2.49. The molecule has 0 radical (unpaired) electrons. The fourth-order valence-corrected chi connectivity index (χ4v) is 2.48. The average Bonchev–Trinajstić information content (AvgIpc) is 3.06. The number of carbonyl (C=O) groups is 1. The summed E-state index contributed by atoms with van der Waals surface area (Å²) in [4.78, 5) is 20.1. The van der Waals surface area contributed by atoms with Gasteiger partial charge in [0.05, 0.1) is 16.5 Å². The summed E-state index contributed by atoms with van der Waals surface area (Å²) in [6, 6.07) is 3.76. The number of imidazole rings is 1. The molecule has 96 valence electrons. The quantitative estimate of drug-likeness (QED) is 0.511. The second-order valence-corrected chi connectivity index (χ2v) is 4.77. The van der Waals surface area contributed by atoms with E-state index in [9.17, 15) is 9.90 Å². The molecular formula is C12H9N4NaO2S. The van der Waals surface area contributed by atoms with E-state index in [2.05, 4.69) is 14.3 Å². The van der Waals surface area contributed by atoms with Crippen LogP contribution in [0.3, 0.4) is 0 Å². The summed E-state index contributed by atoms with van der Waals surface area (Å²) in [6.45, 7) is 1.99. The summed E-state index contributed by atoms with van der Waals surface area (Å²) in [5.41, 5.74) is 1.81. The Kier molecular flexibility index (Phi) is 4.54. The van der Waals surface area contributed by atoms with Crippen molar-refractivity contribution in [1.82, 2.24) is 18.7 Å². The summed E-state index contributed by atoms with van der Waals surface area (Å²) < 4.78 is 5.71. The number of aromatic carboxylic acids is 1. The summed E-state index contributed by atoms with van der Waals surface area (Å²) >= 11 is 1.32. The minimum atomic E-state index is -1.32. The van der Waals surface area contributed by atoms with Crippen LogP contribution in [0.4, 0.5) is 0 Å². The number of fused-ring (bicyclic) bond motifs is 1. The van der Waals surface area contributed by atoms with E-state index < -0.39 is 5.97 Å². The molecule has 0 amide bonds. The van der Waals surface area contributed by atoms with Crippen LogP contribution in [0.5, 0.6) is 0 Å². The Balaban J connectivity index is 0.00000147. The Labute approximate surface area is 141 Å². The zero-order valence-electron chi connectivity index (χ0n) is 11.0. The Morgan fingerprint density at radius 3 is 2.90 bits per heavy atom. The van der Waals surface area contributed by atoms with Crippen LogP contribution in [-0.4, -0.2) is 24.7 Å². The van der Waals surface area contributed by atoms with Gasteiger partial charge >= 0.3 is 29.6 Å². The van der Waals surface area contributed by atoms with Crippen molar-refractivity contribution in [2.24, 2.45) is 0 Å². The minimum absolute atomic E-state index is 0. The SMILES string of the molecule is CCc1cc(-c2ccns2)nc2c(C(=O)[O-])ncn12.[Na+]. The van der Waals surface area contributed by atoms with E-state index in [0.717, 1.165) is 17.0 Å². The molecule has 20 heavy (non-hydrogen) atoms. The van der Waals surface area contributed by atoms with Crippen molar-refractivity contribution in [1.29, 1.82) is 0 Å². The number of hydrogen-bond donors (Lipinski definition) is 0. The molecule has 3 rings (SSSR count). The molecule has 0 bridgehead atoms. The van der Waals surface area contributed by atoms with Gasteiger partial charge in [-0.2, -0.15) is 0 Å². The van der Waals surface area contributed by atoms with Gasteiger partial charge in [-0.25, -0.2) is 14.3 Å². The van der Waals surface area contributed by atoms with Crippen LogP contribution in [0.25, 0.3) is 16.2 Å². The smallest absolute Gasteiger partial charge is 0.543 e. The Hall–Kier alpha value is -1.28. The van der Waals surface area contributed by atoms with E-state index in [1.54, 1.807) is 10.6 Å². The fourth-order valence-electron chi connectivity index (χ4n) is 1.92. The van der Waals surface area contributed by atoms with Crippen molar-refractivity contribution in [2.75, 3.05) is 0 Å². The Morgan fingerprint density at radius 1 is 1.50 bits per heavy atom. The summed E-state index contributed by atoms with van der Waals surface area (Å²) in [6.07, 6.45) is 3.89. The molecule has 0 aliphatic rings. The van der Waals surface area contributed by atoms with Crippen LogP contribution in [0, 0.1) is 0 Å². The Bertz CT molecular complexity index is 754. The molecular weight excluding hydrogens is 287 g/mol. The molecule has 6 nitrogen and oxygen atoms in total. The first-order chi connectivity index (χ1) is 9.20. The van der Waals surface area contributed by atoms with Crippen molar-refractivity contribution in [3.8, 4) is 10.6 Å². The van der Waals surface area contributed by atoms with Crippen molar-refractivity contribution < 1.29 is 39.5 Å². The molecule has 3 heterocycles. The van der Waals surface area contributed by atoms with Gasteiger partial charge in [-0.05, 0) is 30.1 Å². The molecule has 0 N–H and O–H groups in total. The van der Waals surface area contributed by atoms with Crippen molar-refractivity contribution in [3.05, 3.63) is 36.0 Å². The van der Waals surface area contributed by atoms with Gasteiger partial charge in [0.2, 0.25) is 0 Å². The van der Waals surface area contributed by atoms with E-state index in [0.29, 0.717) is 11.3 Å². The maximum atomic E-state index is 11.0. The maximum absolute atomic E-state index is 11.0. The predicted molar refractivity (Wildman–Crippen MR) is 67.8 cm³/mol. The topological polar surface area (TPSA) is 83.2 Å². The number of carboxylic acids is 1. The van der Waals surface area contributed by atoms with E-state index in [1.165, 1.54) is 17.9 Å². The maximum Gasteiger partial charge on any atom is 1.00 e. The van der Waals surface area contributed by atoms with Gasteiger partial charge in [-0.15, -0.1) is 0 Å². The molecule has 0 aliphatic carbocycles. The third-order valence-corrected chi connectivity index (χ3v) is 3.60. The number of aryl methyl sites for hydroxylation is 1. The molecule has 0 aliphatic heterocycles. The molecule has 0 unspecified atom stereocenters. The molecule has 0 atom stereocenters. The van der Waals surface area contributed by atoms with Gasteiger partial charge in [-0.3, -0.25) is 4.40 Å². The molecule has 0 saturated heterocycles. The fraction of sp³-hybridized carbons (Fsp3) is 0.167. The molecule has 0 fully saturated rings. The number of hydrogen-bond acceptors (Lipinski definition) is 6. The molecule has 8 heteroatoms. The second kappa shape index (κ2) is 6.01. The van der Waals surface area contributed by atoms with E-state index >= 15 is 0 Å². The second-order valence-electron chi connectivity index (χ2n) is 3.94. The number of rotatable bonds is 3. The first kappa shape index (κ1) is 15.1. The van der Waals surface area contributed by atoms with Crippen LogP contribution < -0.4 is 34.7 Å². The standard InChI is InChI=1S/C12H10N4O2S.Na/c1-2-7-5-8(9-3-4-14-19-9)15-11-10(12(17)18)13-6-16(7)11;/h3-6H,2H2,1H3,(H,17,18);/q;+1/p-1. The monoisotopic (exact) mass is 296 g/mol. The van der Waals surface area contributed by atoms with Crippen LogP contribution >= 0.6 is 11.5 Å². The average molecular weight is 296 g/mol. The summed E-state index contributed by atoms with van der Waals surface area (Å²) in [5.74, 6) is -1.32. The van der Waals surface area contributed by atoms with Crippen LogP contribution in [0.15, 0.2) is 24.7 Å². The van der Waals surface area contributed by atoms with Crippen LogP contribution in [0.1, 0.15) is 23.1 Å². The number of carbonyl (C=O) groups excluding carboxylic acids is 1. The summed E-state index contributed by atoms with van der Waals surface area (Å²) in [5, 5.41) is 11.0. The van der Waals surface area contributed by atoms with Crippen molar-refractivity contribution in [3.63, 3.8) is 0 Å². The number of aromatic nitrogens is 4. The van der Waals surface area contributed by atoms with Crippen LogP contribution in [0.2, 0.25) is 0 Å². The minimum Gasteiger partial charge on any atom is -0.543 e. The number of nitrogens with zero attached hydrogens (tertiary/aromatic N) is 4. The molecule has 3 aromatic heterocycles. The Morgan fingerprint density at radius 2 is 2.30 bits per heavy atom. The van der Waals surface area contributed by atoms with Crippen LogP contribution in [-0.2, 0) is 6.42 Å². The largest absolute Gasteiger partial charge is 1.00 e. The molecule has 3 aromatic rings.